The highest BCUT2D eigenvalue weighted by Crippen LogP contribution is 2.44. The molecule has 1 aliphatic heterocycles. The topological polar surface area (TPSA) is 15.3 Å². The summed E-state index contributed by atoms with van der Waals surface area (Å²) in [7, 11) is 2.24. The summed E-state index contributed by atoms with van der Waals surface area (Å²) in [6, 6.07) is 1.68. The molecule has 3 fully saturated rings. The highest BCUT2D eigenvalue weighted by atomic mass is 15.2. The summed E-state index contributed by atoms with van der Waals surface area (Å²) < 4.78 is 0. The van der Waals surface area contributed by atoms with Gasteiger partial charge in [-0.1, -0.05) is 6.42 Å². The Morgan fingerprint density at radius 1 is 1.14 bits per heavy atom. The molecule has 80 valence electrons. The number of likely N-dealkylation sites (N-methyl/N-ethyl adjacent to an activating group) is 1. The van der Waals surface area contributed by atoms with Crippen LogP contribution in [0.25, 0.3) is 0 Å². The third kappa shape index (κ3) is 1.59. The Bertz CT molecular complexity index is 216. The summed E-state index contributed by atoms with van der Waals surface area (Å²) >= 11 is 0. The molecule has 0 aromatic heterocycles. The minimum atomic E-state index is 0.796. The van der Waals surface area contributed by atoms with Crippen molar-refractivity contribution in [3.63, 3.8) is 0 Å². The van der Waals surface area contributed by atoms with Gasteiger partial charge < -0.3 is 10.2 Å². The summed E-state index contributed by atoms with van der Waals surface area (Å²) in [6.45, 7) is 2.56. The SMILES string of the molecule is CN1CC[C@@H](N[C@H]2C[C@H]3CC[C@H]2C3)C1. The minimum absolute atomic E-state index is 0.796. The van der Waals surface area contributed by atoms with Crippen molar-refractivity contribution in [3.8, 4) is 0 Å². The first kappa shape index (κ1) is 9.17. The summed E-state index contributed by atoms with van der Waals surface area (Å²) in [5.41, 5.74) is 0. The average molecular weight is 194 g/mol. The quantitative estimate of drug-likeness (QED) is 0.716. The molecule has 2 bridgehead atoms. The van der Waals surface area contributed by atoms with E-state index in [1.165, 1.54) is 45.2 Å². The summed E-state index contributed by atoms with van der Waals surface area (Å²) in [5.74, 6) is 2.11. The molecular weight excluding hydrogens is 172 g/mol. The molecule has 3 aliphatic rings. The number of nitrogens with zero attached hydrogens (tertiary/aromatic N) is 1. The zero-order valence-corrected chi connectivity index (χ0v) is 9.21. The fraction of sp³-hybridized carbons (Fsp3) is 1.00. The van der Waals surface area contributed by atoms with Gasteiger partial charge in [0.2, 0.25) is 0 Å². The Hall–Kier alpha value is -0.0800. The number of hydrogen-bond acceptors (Lipinski definition) is 2. The lowest BCUT2D eigenvalue weighted by atomic mass is 9.94. The molecule has 2 aliphatic carbocycles. The first-order valence-corrected chi connectivity index (χ1v) is 6.26. The Morgan fingerprint density at radius 3 is 2.64 bits per heavy atom. The number of hydrogen-bond donors (Lipinski definition) is 1. The van der Waals surface area contributed by atoms with Crippen LogP contribution in [-0.2, 0) is 0 Å². The minimum Gasteiger partial charge on any atom is -0.310 e. The smallest absolute Gasteiger partial charge is 0.0209 e. The average Bonchev–Trinajstić information content (AvgIpc) is 2.82. The van der Waals surface area contributed by atoms with Gasteiger partial charge in [-0.05, 0) is 51.1 Å². The van der Waals surface area contributed by atoms with E-state index >= 15 is 0 Å². The van der Waals surface area contributed by atoms with E-state index in [-0.39, 0.29) is 0 Å². The first-order valence-electron chi connectivity index (χ1n) is 6.26. The second kappa shape index (κ2) is 3.49. The molecule has 1 N–H and O–H groups in total. The Kier molecular flexibility index (Phi) is 2.29. The van der Waals surface area contributed by atoms with E-state index in [1.54, 1.807) is 0 Å². The van der Waals surface area contributed by atoms with Crippen LogP contribution in [0.3, 0.4) is 0 Å². The van der Waals surface area contributed by atoms with E-state index in [1.807, 2.05) is 0 Å². The van der Waals surface area contributed by atoms with Crippen molar-refractivity contribution in [1.29, 1.82) is 0 Å². The molecule has 0 radical (unpaired) electrons. The number of rotatable bonds is 2. The van der Waals surface area contributed by atoms with Crippen molar-refractivity contribution < 1.29 is 0 Å². The third-order valence-electron chi connectivity index (χ3n) is 4.58. The van der Waals surface area contributed by atoms with Crippen LogP contribution in [0.15, 0.2) is 0 Å². The van der Waals surface area contributed by atoms with Crippen LogP contribution in [0.4, 0.5) is 0 Å². The molecule has 0 aromatic carbocycles. The molecule has 4 atom stereocenters. The third-order valence-corrected chi connectivity index (χ3v) is 4.58. The fourth-order valence-electron chi connectivity index (χ4n) is 3.82. The maximum atomic E-state index is 3.90. The van der Waals surface area contributed by atoms with E-state index < -0.39 is 0 Å². The lowest BCUT2D eigenvalue weighted by molar-refractivity contribution is 0.312. The second-order valence-corrected chi connectivity index (χ2v) is 5.70. The molecule has 0 unspecified atom stereocenters. The molecule has 0 amide bonds. The maximum Gasteiger partial charge on any atom is 0.0209 e. The van der Waals surface area contributed by atoms with Crippen LogP contribution < -0.4 is 5.32 Å². The van der Waals surface area contributed by atoms with Gasteiger partial charge in [0.05, 0.1) is 0 Å². The Balaban J connectivity index is 1.53. The van der Waals surface area contributed by atoms with E-state index in [0.29, 0.717) is 0 Å². The lowest BCUT2D eigenvalue weighted by Gasteiger charge is -2.26. The van der Waals surface area contributed by atoms with E-state index in [2.05, 4.69) is 17.3 Å². The predicted molar refractivity (Wildman–Crippen MR) is 58.3 cm³/mol. The zero-order valence-electron chi connectivity index (χ0n) is 9.21. The second-order valence-electron chi connectivity index (χ2n) is 5.70. The summed E-state index contributed by atoms with van der Waals surface area (Å²) in [6.07, 6.45) is 7.40. The van der Waals surface area contributed by atoms with Gasteiger partial charge in [0.25, 0.3) is 0 Å². The predicted octanol–water partition coefficient (Wildman–Crippen LogP) is 1.47. The molecule has 2 nitrogen and oxygen atoms in total. The van der Waals surface area contributed by atoms with Crippen molar-refractivity contribution >= 4 is 0 Å². The van der Waals surface area contributed by atoms with Crippen molar-refractivity contribution in [3.05, 3.63) is 0 Å². The monoisotopic (exact) mass is 194 g/mol. The van der Waals surface area contributed by atoms with Crippen LogP contribution in [0.5, 0.6) is 0 Å². The molecule has 2 heteroatoms. The highest BCUT2D eigenvalue weighted by Gasteiger charge is 2.40. The molecule has 3 rings (SSSR count). The molecule has 14 heavy (non-hydrogen) atoms. The molecular formula is C12H22N2. The van der Waals surface area contributed by atoms with Gasteiger partial charge in [-0.25, -0.2) is 0 Å². The van der Waals surface area contributed by atoms with E-state index in [0.717, 1.165) is 23.9 Å². The summed E-state index contributed by atoms with van der Waals surface area (Å²) in [4.78, 5) is 2.45. The molecule has 1 saturated heterocycles. The van der Waals surface area contributed by atoms with Gasteiger partial charge in [0, 0.05) is 18.6 Å². The Morgan fingerprint density at radius 2 is 2.07 bits per heavy atom. The van der Waals surface area contributed by atoms with Crippen LogP contribution in [0.1, 0.15) is 32.1 Å². The Labute approximate surface area is 87.0 Å². The lowest BCUT2D eigenvalue weighted by Crippen LogP contribution is -2.42. The van der Waals surface area contributed by atoms with Gasteiger partial charge in [-0.15, -0.1) is 0 Å². The normalized spacial score (nSPS) is 47.8. The first-order chi connectivity index (χ1) is 6.81. The van der Waals surface area contributed by atoms with Crippen molar-refractivity contribution in [1.82, 2.24) is 10.2 Å². The maximum absolute atomic E-state index is 3.90. The molecule has 1 heterocycles. The van der Waals surface area contributed by atoms with Gasteiger partial charge >= 0.3 is 0 Å². The standard InChI is InChI=1S/C12H22N2/c1-14-5-4-11(8-14)13-12-7-9-2-3-10(12)6-9/h9-13H,2-8H2,1H3/t9-,10-,11+,12-/m0/s1. The van der Waals surface area contributed by atoms with Crippen molar-refractivity contribution in [2.75, 3.05) is 20.1 Å². The van der Waals surface area contributed by atoms with Crippen LogP contribution >= 0.6 is 0 Å². The summed E-state index contributed by atoms with van der Waals surface area (Å²) in [5, 5.41) is 3.90. The van der Waals surface area contributed by atoms with E-state index in [9.17, 15) is 0 Å². The van der Waals surface area contributed by atoms with Gasteiger partial charge in [-0.2, -0.15) is 0 Å². The molecule has 2 saturated carbocycles. The van der Waals surface area contributed by atoms with E-state index in [4.69, 9.17) is 0 Å². The van der Waals surface area contributed by atoms with Crippen molar-refractivity contribution in [2.24, 2.45) is 11.8 Å². The fourth-order valence-corrected chi connectivity index (χ4v) is 3.82. The van der Waals surface area contributed by atoms with Crippen LogP contribution in [0, 0.1) is 11.8 Å². The highest BCUT2D eigenvalue weighted by molar-refractivity contribution is 4.96. The molecule has 0 spiro atoms. The van der Waals surface area contributed by atoms with Gasteiger partial charge in [0.15, 0.2) is 0 Å². The number of nitrogens with one attached hydrogen (secondary N) is 1. The zero-order chi connectivity index (χ0) is 9.54. The van der Waals surface area contributed by atoms with Gasteiger partial charge in [0.1, 0.15) is 0 Å². The largest absolute Gasteiger partial charge is 0.310 e. The molecule has 0 aromatic rings. The van der Waals surface area contributed by atoms with Crippen LogP contribution in [0.2, 0.25) is 0 Å². The number of fused-ring (bicyclic) bond motifs is 2. The van der Waals surface area contributed by atoms with Crippen molar-refractivity contribution in [2.45, 2.75) is 44.2 Å². The number of likely N-dealkylation sites (tertiary alicyclic amines) is 1. The van der Waals surface area contributed by atoms with Gasteiger partial charge in [-0.3, -0.25) is 0 Å². The van der Waals surface area contributed by atoms with Crippen LogP contribution in [-0.4, -0.2) is 37.1 Å².